The second-order valence-electron chi connectivity index (χ2n) is 4.03. The molecule has 0 bridgehead atoms. The zero-order valence-corrected chi connectivity index (χ0v) is 12.4. The summed E-state index contributed by atoms with van der Waals surface area (Å²) >= 11 is 5.53. The van der Waals surface area contributed by atoms with Gasteiger partial charge in [0.15, 0.2) is 0 Å². The minimum atomic E-state index is 0.107. The highest BCUT2D eigenvalue weighted by molar-refractivity contribution is 9.10. The van der Waals surface area contributed by atoms with Gasteiger partial charge in [-0.15, -0.1) is 11.8 Å². The first-order chi connectivity index (χ1) is 7.65. The summed E-state index contributed by atoms with van der Waals surface area (Å²) in [7, 11) is 0. The quantitative estimate of drug-likeness (QED) is 0.606. The fraction of sp³-hybridized carbons (Fsp3) is 0.538. The highest BCUT2D eigenvalue weighted by atomic mass is 79.9. The van der Waals surface area contributed by atoms with Crippen LogP contribution in [0.15, 0.2) is 27.6 Å². The molecule has 0 spiro atoms. The van der Waals surface area contributed by atoms with Crippen LogP contribution in [0.2, 0.25) is 0 Å². The van der Waals surface area contributed by atoms with Gasteiger partial charge in [0.1, 0.15) is 0 Å². The van der Waals surface area contributed by atoms with Crippen LogP contribution in [0.1, 0.15) is 44.7 Å². The number of halogens is 1. The largest absolute Gasteiger partial charge is 0.324 e. The number of hydrogen-bond donors (Lipinski definition) is 1. The Labute approximate surface area is 111 Å². The van der Waals surface area contributed by atoms with E-state index in [9.17, 15) is 0 Å². The van der Waals surface area contributed by atoms with Gasteiger partial charge in [0.25, 0.3) is 0 Å². The highest BCUT2D eigenvalue weighted by Crippen LogP contribution is 2.30. The Hall–Kier alpha value is 0.01000. The van der Waals surface area contributed by atoms with Gasteiger partial charge in [-0.2, -0.15) is 0 Å². The summed E-state index contributed by atoms with van der Waals surface area (Å²) in [5, 5.41) is 0. The minimum Gasteiger partial charge on any atom is -0.324 e. The van der Waals surface area contributed by atoms with Crippen LogP contribution in [-0.4, -0.2) is 5.75 Å². The first-order valence-electron chi connectivity index (χ1n) is 5.83. The van der Waals surface area contributed by atoms with Crippen molar-refractivity contribution in [1.29, 1.82) is 0 Å². The lowest BCUT2D eigenvalue weighted by molar-refractivity contribution is 0.778. The summed E-state index contributed by atoms with van der Waals surface area (Å²) in [6.07, 6.45) is 3.90. The smallest absolute Gasteiger partial charge is 0.0314 e. The van der Waals surface area contributed by atoms with Crippen molar-refractivity contribution >= 4 is 27.7 Å². The SMILES string of the molecule is CCCCCSc1ccc([C@H](C)N)cc1Br. The van der Waals surface area contributed by atoms with Crippen molar-refractivity contribution in [3.63, 3.8) is 0 Å². The summed E-state index contributed by atoms with van der Waals surface area (Å²) in [6, 6.07) is 6.53. The lowest BCUT2D eigenvalue weighted by atomic mass is 10.1. The predicted molar refractivity (Wildman–Crippen MR) is 77.0 cm³/mol. The van der Waals surface area contributed by atoms with Gasteiger partial charge in [-0.05, 0) is 52.7 Å². The summed E-state index contributed by atoms with van der Waals surface area (Å²) in [5.41, 5.74) is 7.03. The Kier molecular flexibility index (Phi) is 6.47. The minimum absolute atomic E-state index is 0.107. The Balaban J connectivity index is 2.54. The molecule has 0 saturated heterocycles. The fourth-order valence-corrected chi connectivity index (χ4v) is 3.12. The van der Waals surface area contributed by atoms with E-state index in [2.05, 4.69) is 41.1 Å². The van der Waals surface area contributed by atoms with Crippen LogP contribution >= 0.6 is 27.7 Å². The molecule has 0 heterocycles. The van der Waals surface area contributed by atoms with E-state index in [-0.39, 0.29) is 6.04 Å². The van der Waals surface area contributed by atoms with E-state index >= 15 is 0 Å². The molecule has 0 amide bonds. The first-order valence-corrected chi connectivity index (χ1v) is 7.60. The van der Waals surface area contributed by atoms with Crippen LogP contribution in [-0.2, 0) is 0 Å². The van der Waals surface area contributed by atoms with Gasteiger partial charge in [-0.1, -0.05) is 25.8 Å². The monoisotopic (exact) mass is 301 g/mol. The van der Waals surface area contributed by atoms with Crippen LogP contribution in [0.3, 0.4) is 0 Å². The molecule has 0 aliphatic rings. The van der Waals surface area contributed by atoms with Crippen LogP contribution in [0.25, 0.3) is 0 Å². The molecule has 2 N–H and O–H groups in total. The molecule has 1 aromatic carbocycles. The molecule has 0 unspecified atom stereocenters. The average molecular weight is 302 g/mol. The first kappa shape index (κ1) is 14.1. The fourth-order valence-electron chi connectivity index (χ4n) is 1.45. The Morgan fingerprint density at radius 3 is 2.69 bits per heavy atom. The molecule has 1 aromatic rings. The molecular formula is C13H20BrNS. The number of nitrogens with two attached hydrogens (primary N) is 1. The molecule has 3 heteroatoms. The van der Waals surface area contributed by atoms with Crippen molar-refractivity contribution in [2.75, 3.05) is 5.75 Å². The Bertz CT molecular complexity index is 326. The van der Waals surface area contributed by atoms with Gasteiger partial charge >= 0.3 is 0 Å². The third kappa shape index (κ3) is 4.48. The van der Waals surface area contributed by atoms with E-state index in [1.807, 2.05) is 18.7 Å². The van der Waals surface area contributed by atoms with E-state index < -0.39 is 0 Å². The van der Waals surface area contributed by atoms with Gasteiger partial charge in [-0.3, -0.25) is 0 Å². The maximum atomic E-state index is 5.84. The van der Waals surface area contributed by atoms with Crippen molar-refractivity contribution < 1.29 is 0 Å². The van der Waals surface area contributed by atoms with Crippen molar-refractivity contribution in [3.05, 3.63) is 28.2 Å². The molecule has 0 aliphatic carbocycles. The standard InChI is InChI=1S/C13H20BrNS/c1-3-4-5-8-16-13-7-6-11(10(2)15)9-12(13)14/h6-7,9-10H,3-5,8,15H2,1-2H3/t10-/m0/s1. The molecule has 90 valence electrons. The summed E-state index contributed by atoms with van der Waals surface area (Å²) in [6.45, 7) is 4.24. The third-order valence-corrected chi connectivity index (χ3v) is 4.57. The van der Waals surface area contributed by atoms with E-state index in [4.69, 9.17) is 5.73 Å². The second kappa shape index (κ2) is 7.36. The van der Waals surface area contributed by atoms with Gasteiger partial charge in [0, 0.05) is 15.4 Å². The molecule has 1 nitrogen and oxygen atoms in total. The number of thioether (sulfide) groups is 1. The van der Waals surface area contributed by atoms with E-state index in [1.165, 1.54) is 39.9 Å². The normalized spacial score (nSPS) is 12.8. The maximum Gasteiger partial charge on any atom is 0.0314 e. The number of rotatable bonds is 6. The molecule has 0 aliphatic heterocycles. The number of unbranched alkanes of at least 4 members (excludes halogenated alkanes) is 2. The summed E-state index contributed by atoms with van der Waals surface area (Å²) in [5.74, 6) is 1.20. The zero-order chi connectivity index (χ0) is 12.0. The van der Waals surface area contributed by atoms with Crippen LogP contribution in [0.4, 0.5) is 0 Å². The van der Waals surface area contributed by atoms with Crippen molar-refractivity contribution in [2.24, 2.45) is 5.73 Å². The second-order valence-corrected chi connectivity index (χ2v) is 6.03. The Morgan fingerprint density at radius 2 is 2.12 bits per heavy atom. The summed E-state index contributed by atoms with van der Waals surface area (Å²) < 4.78 is 1.17. The molecule has 1 rings (SSSR count). The molecule has 0 radical (unpaired) electrons. The van der Waals surface area contributed by atoms with Crippen LogP contribution < -0.4 is 5.73 Å². The number of benzene rings is 1. The highest BCUT2D eigenvalue weighted by Gasteiger charge is 2.04. The lowest BCUT2D eigenvalue weighted by Crippen LogP contribution is -2.04. The van der Waals surface area contributed by atoms with Crippen molar-refractivity contribution in [2.45, 2.75) is 44.0 Å². The van der Waals surface area contributed by atoms with E-state index in [0.717, 1.165) is 0 Å². The topological polar surface area (TPSA) is 26.0 Å². The lowest BCUT2D eigenvalue weighted by Gasteiger charge is -2.09. The predicted octanol–water partition coefficient (Wildman–Crippen LogP) is 4.75. The maximum absolute atomic E-state index is 5.84. The van der Waals surface area contributed by atoms with Gasteiger partial charge < -0.3 is 5.73 Å². The third-order valence-electron chi connectivity index (χ3n) is 2.49. The molecule has 0 fully saturated rings. The van der Waals surface area contributed by atoms with Gasteiger partial charge in [0.2, 0.25) is 0 Å². The van der Waals surface area contributed by atoms with Gasteiger partial charge in [0.05, 0.1) is 0 Å². The van der Waals surface area contributed by atoms with Crippen molar-refractivity contribution in [1.82, 2.24) is 0 Å². The molecule has 1 atom stereocenters. The Morgan fingerprint density at radius 1 is 1.38 bits per heavy atom. The average Bonchev–Trinajstić information content (AvgIpc) is 2.26. The molecule has 0 saturated carbocycles. The van der Waals surface area contributed by atoms with Crippen LogP contribution in [0, 0.1) is 0 Å². The molecule has 0 aromatic heterocycles. The molecular weight excluding hydrogens is 282 g/mol. The van der Waals surface area contributed by atoms with E-state index in [1.54, 1.807) is 0 Å². The number of hydrogen-bond acceptors (Lipinski definition) is 2. The zero-order valence-electron chi connectivity index (χ0n) is 10.0. The van der Waals surface area contributed by atoms with E-state index in [0.29, 0.717) is 0 Å². The van der Waals surface area contributed by atoms with Crippen LogP contribution in [0.5, 0.6) is 0 Å². The van der Waals surface area contributed by atoms with Crippen molar-refractivity contribution in [3.8, 4) is 0 Å². The van der Waals surface area contributed by atoms with Gasteiger partial charge in [-0.25, -0.2) is 0 Å². The molecule has 16 heavy (non-hydrogen) atoms. The summed E-state index contributed by atoms with van der Waals surface area (Å²) in [4.78, 5) is 1.32.